The van der Waals surface area contributed by atoms with Crippen molar-refractivity contribution in [1.29, 1.82) is 0 Å². The molecule has 7 nitrogen and oxygen atoms in total. The fourth-order valence-electron chi connectivity index (χ4n) is 1.68. The van der Waals surface area contributed by atoms with E-state index in [1.807, 2.05) is 0 Å². The molecule has 2 rings (SSSR count). The van der Waals surface area contributed by atoms with Crippen LogP contribution >= 0.6 is 0 Å². The number of para-hydroxylation sites is 1. The molecule has 0 spiro atoms. The fourth-order valence-corrected chi connectivity index (χ4v) is 2.18. The van der Waals surface area contributed by atoms with Crippen LogP contribution in [-0.4, -0.2) is 19.5 Å². The molecule has 0 bridgehead atoms. The number of hydrogen-bond donors (Lipinski definition) is 5. The number of Topliss-reactive ketones (excluding diaryl/α,β-unsaturated/α-hetero) is 1. The van der Waals surface area contributed by atoms with Crippen LogP contribution in [0.15, 0.2) is 29.2 Å². The molecule has 0 amide bonds. The van der Waals surface area contributed by atoms with Crippen LogP contribution < -0.4 is 16.8 Å². The normalized spacial score (nSPS) is 12.1. The molecule has 2 aromatic rings. The standard InChI is InChI=1S/C12H14N4O3S/c1-6(17)9-5-10(20(18)19)12(16-9)15-8-4-2-3-7(13)11(8)14/h2-5,15-16H,13-14H2,1H3,(H,18,19). The Morgan fingerprint density at radius 3 is 2.70 bits per heavy atom. The average Bonchev–Trinajstić information content (AvgIpc) is 2.79. The summed E-state index contributed by atoms with van der Waals surface area (Å²) in [5.41, 5.74) is 12.9. The Morgan fingerprint density at radius 2 is 2.10 bits per heavy atom. The molecule has 106 valence electrons. The maximum Gasteiger partial charge on any atom is 0.190 e. The zero-order chi connectivity index (χ0) is 14.9. The lowest BCUT2D eigenvalue weighted by Gasteiger charge is -2.10. The van der Waals surface area contributed by atoms with Gasteiger partial charge in [-0.1, -0.05) is 6.07 Å². The van der Waals surface area contributed by atoms with Crippen molar-refractivity contribution >= 4 is 39.7 Å². The number of aromatic amines is 1. The van der Waals surface area contributed by atoms with Crippen LogP contribution in [0.4, 0.5) is 22.9 Å². The summed E-state index contributed by atoms with van der Waals surface area (Å²) in [5.74, 6) is -0.0152. The van der Waals surface area contributed by atoms with Crippen LogP contribution in [0.2, 0.25) is 0 Å². The summed E-state index contributed by atoms with van der Waals surface area (Å²) in [7, 11) is 0. The molecule has 0 aliphatic heterocycles. The van der Waals surface area contributed by atoms with Gasteiger partial charge >= 0.3 is 0 Å². The number of nitrogens with two attached hydrogens (primary N) is 2. The maximum absolute atomic E-state index is 11.3. The Balaban J connectivity index is 2.45. The first-order chi connectivity index (χ1) is 9.40. The number of anilines is 4. The summed E-state index contributed by atoms with van der Waals surface area (Å²) in [6, 6.07) is 6.33. The van der Waals surface area contributed by atoms with Crippen LogP contribution in [0.1, 0.15) is 17.4 Å². The fraction of sp³-hybridized carbons (Fsp3) is 0.0833. The molecule has 0 aliphatic carbocycles. The highest BCUT2D eigenvalue weighted by Gasteiger charge is 2.16. The largest absolute Gasteiger partial charge is 0.397 e. The van der Waals surface area contributed by atoms with Crippen LogP contribution in [0.3, 0.4) is 0 Å². The van der Waals surface area contributed by atoms with Gasteiger partial charge in [-0.05, 0) is 18.2 Å². The van der Waals surface area contributed by atoms with E-state index in [1.165, 1.54) is 13.0 Å². The van der Waals surface area contributed by atoms with Gasteiger partial charge in [0.25, 0.3) is 0 Å². The third-order valence-corrected chi connectivity index (χ3v) is 3.45. The number of H-pyrrole nitrogens is 1. The van der Waals surface area contributed by atoms with Crippen molar-refractivity contribution in [3.05, 3.63) is 30.0 Å². The Kier molecular flexibility index (Phi) is 3.77. The number of ketones is 1. The molecule has 0 radical (unpaired) electrons. The molecular weight excluding hydrogens is 280 g/mol. The second-order valence-electron chi connectivity index (χ2n) is 4.16. The number of rotatable bonds is 4. The first-order valence-corrected chi connectivity index (χ1v) is 6.76. The molecule has 0 saturated carbocycles. The van der Waals surface area contributed by atoms with Gasteiger partial charge in [0, 0.05) is 6.92 Å². The van der Waals surface area contributed by atoms with Crippen LogP contribution in [0, 0.1) is 0 Å². The molecule has 0 saturated heterocycles. The number of nitrogen functional groups attached to an aromatic ring is 2. The first-order valence-electron chi connectivity index (χ1n) is 5.66. The lowest BCUT2D eigenvalue weighted by molar-refractivity contribution is 0.101. The highest BCUT2D eigenvalue weighted by molar-refractivity contribution is 7.79. The van der Waals surface area contributed by atoms with Crippen molar-refractivity contribution in [1.82, 2.24) is 4.98 Å². The molecule has 1 atom stereocenters. The number of aromatic nitrogens is 1. The summed E-state index contributed by atoms with van der Waals surface area (Å²) in [6.45, 7) is 1.36. The molecule has 0 aliphatic rings. The number of carbonyl (C=O) groups excluding carboxylic acids is 1. The van der Waals surface area contributed by atoms with E-state index in [-0.39, 0.29) is 22.2 Å². The second-order valence-corrected chi connectivity index (χ2v) is 5.10. The maximum atomic E-state index is 11.3. The van der Waals surface area contributed by atoms with Crippen LogP contribution in [-0.2, 0) is 11.1 Å². The quantitative estimate of drug-likeness (QED) is 0.331. The molecule has 1 heterocycles. The van der Waals surface area contributed by atoms with Crippen molar-refractivity contribution in [2.45, 2.75) is 11.8 Å². The molecule has 0 fully saturated rings. The van der Waals surface area contributed by atoms with E-state index >= 15 is 0 Å². The average molecular weight is 294 g/mol. The molecular formula is C12H14N4O3S. The zero-order valence-corrected chi connectivity index (χ0v) is 11.5. The predicted molar refractivity (Wildman–Crippen MR) is 78.4 cm³/mol. The minimum absolute atomic E-state index is 0.0667. The minimum Gasteiger partial charge on any atom is -0.397 e. The SMILES string of the molecule is CC(=O)c1cc(S(=O)O)c(Nc2cccc(N)c2N)[nH]1. The van der Waals surface area contributed by atoms with E-state index in [0.29, 0.717) is 17.1 Å². The molecule has 1 aromatic carbocycles. The van der Waals surface area contributed by atoms with E-state index < -0.39 is 11.1 Å². The van der Waals surface area contributed by atoms with Gasteiger partial charge in [0.1, 0.15) is 10.7 Å². The van der Waals surface area contributed by atoms with Crippen molar-refractivity contribution in [2.75, 3.05) is 16.8 Å². The van der Waals surface area contributed by atoms with E-state index in [2.05, 4.69) is 10.3 Å². The summed E-state index contributed by atoms with van der Waals surface area (Å²) in [4.78, 5) is 14.1. The summed E-state index contributed by atoms with van der Waals surface area (Å²) < 4.78 is 20.5. The van der Waals surface area contributed by atoms with E-state index in [4.69, 9.17) is 11.5 Å². The Bertz CT molecular complexity index is 696. The number of carbonyl (C=O) groups is 1. The molecule has 20 heavy (non-hydrogen) atoms. The smallest absolute Gasteiger partial charge is 0.190 e. The van der Waals surface area contributed by atoms with Gasteiger partial charge < -0.3 is 26.3 Å². The summed E-state index contributed by atoms with van der Waals surface area (Å²) >= 11 is -2.24. The lowest BCUT2D eigenvalue weighted by Crippen LogP contribution is -2.02. The number of hydrogen-bond acceptors (Lipinski definition) is 5. The van der Waals surface area contributed by atoms with Crippen molar-refractivity contribution in [3.63, 3.8) is 0 Å². The molecule has 7 N–H and O–H groups in total. The minimum atomic E-state index is -2.24. The van der Waals surface area contributed by atoms with Gasteiger partial charge in [0.15, 0.2) is 16.9 Å². The topological polar surface area (TPSA) is 134 Å². The van der Waals surface area contributed by atoms with Crippen LogP contribution in [0.25, 0.3) is 0 Å². The van der Waals surface area contributed by atoms with E-state index in [1.54, 1.807) is 18.2 Å². The Hall–Kier alpha value is -2.32. The lowest BCUT2D eigenvalue weighted by atomic mass is 10.2. The molecule has 8 heteroatoms. The van der Waals surface area contributed by atoms with Gasteiger partial charge in [-0.2, -0.15) is 0 Å². The molecule has 1 aromatic heterocycles. The summed E-state index contributed by atoms with van der Waals surface area (Å²) in [5, 5.41) is 2.87. The van der Waals surface area contributed by atoms with Gasteiger partial charge in [0.2, 0.25) is 0 Å². The number of benzene rings is 1. The van der Waals surface area contributed by atoms with Gasteiger partial charge in [-0.3, -0.25) is 4.79 Å². The summed E-state index contributed by atoms with van der Waals surface area (Å²) in [6.07, 6.45) is 0. The third-order valence-electron chi connectivity index (χ3n) is 2.75. The van der Waals surface area contributed by atoms with E-state index in [9.17, 15) is 13.6 Å². The van der Waals surface area contributed by atoms with Gasteiger partial charge in [0.05, 0.1) is 22.8 Å². The van der Waals surface area contributed by atoms with Gasteiger partial charge in [-0.25, -0.2) is 4.21 Å². The Labute approximate surface area is 117 Å². The first kappa shape index (κ1) is 14.1. The van der Waals surface area contributed by atoms with E-state index in [0.717, 1.165) is 0 Å². The second kappa shape index (κ2) is 5.35. The third kappa shape index (κ3) is 2.65. The monoisotopic (exact) mass is 294 g/mol. The zero-order valence-electron chi connectivity index (χ0n) is 10.6. The molecule has 1 unspecified atom stereocenters. The van der Waals surface area contributed by atoms with Crippen molar-refractivity contribution < 1.29 is 13.6 Å². The highest BCUT2D eigenvalue weighted by Crippen LogP contribution is 2.30. The highest BCUT2D eigenvalue weighted by atomic mass is 32.2. The van der Waals surface area contributed by atoms with Gasteiger partial charge in [-0.15, -0.1) is 0 Å². The van der Waals surface area contributed by atoms with Crippen LogP contribution in [0.5, 0.6) is 0 Å². The van der Waals surface area contributed by atoms with Crippen molar-refractivity contribution in [2.24, 2.45) is 0 Å². The predicted octanol–water partition coefficient (Wildman–Crippen LogP) is 1.71. The Morgan fingerprint density at radius 1 is 1.40 bits per heavy atom. The number of nitrogens with one attached hydrogen (secondary N) is 2. The van der Waals surface area contributed by atoms with Crippen molar-refractivity contribution in [3.8, 4) is 0 Å².